The van der Waals surface area contributed by atoms with E-state index in [0.29, 0.717) is 22.7 Å². The smallest absolute Gasteiger partial charge is 0.270 e. The third-order valence-corrected chi connectivity index (χ3v) is 5.10. The number of anilines is 1. The van der Waals surface area contributed by atoms with E-state index in [1.54, 1.807) is 4.90 Å². The molecule has 1 aliphatic heterocycles. The Balaban J connectivity index is 1.72. The number of carbonyl (C=O) groups is 2. The second-order valence-corrected chi connectivity index (χ2v) is 6.62. The van der Waals surface area contributed by atoms with Crippen LogP contribution in [0.15, 0.2) is 54.7 Å². The van der Waals surface area contributed by atoms with E-state index < -0.39 is 0 Å². The molecule has 0 N–H and O–H groups in total. The number of benzene rings is 2. The molecule has 5 heteroatoms. The van der Waals surface area contributed by atoms with Crippen LogP contribution in [0, 0.1) is 0 Å². The summed E-state index contributed by atoms with van der Waals surface area (Å²) in [4.78, 5) is 29.8. The van der Waals surface area contributed by atoms with Crippen LogP contribution in [0.25, 0.3) is 11.1 Å². The quantitative estimate of drug-likeness (QED) is 0.684. The summed E-state index contributed by atoms with van der Waals surface area (Å²) >= 11 is 1.13. The largest absolute Gasteiger partial charge is 0.307 e. The lowest BCUT2D eigenvalue weighted by molar-refractivity contribution is 0.0992. The summed E-state index contributed by atoms with van der Waals surface area (Å²) in [5, 5.41) is 0.329. The van der Waals surface area contributed by atoms with Gasteiger partial charge in [0.05, 0.1) is 6.20 Å². The Kier molecular flexibility index (Phi) is 3.70. The molecule has 118 valence electrons. The standard InChI is InChI=1S/C19H14N2O2S/c22-12-18-20-11-17(24-18)19(23)21-10-9-15-14(7-4-8-16(15)21)13-5-2-1-3-6-13/h1-8,11-12H,9-10H2. The van der Waals surface area contributed by atoms with Crippen molar-refractivity contribution in [3.8, 4) is 11.1 Å². The summed E-state index contributed by atoms with van der Waals surface area (Å²) in [5.74, 6) is -0.0930. The van der Waals surface area contributed by atoms with Crippen LogP contribution in [0.4, 0.5) is 5.69 Å². The third-order valence-electron chi connectivity index (χ3n) is 4.19. The topological polar surface area (TPSA) is 50.3 Å². The van der Waals surface area contributed by atoms with Gasteiger partial charge in [-0.15, -0.1) is 11.3 Å². The van der Waals surface area contributed by atoms with E-state index in [1.807, 2.05) is 30.3 Å². The molecule has 0 unspecified atom stereocenters. The minimum Gasteiger partial charge on any atom is -0.307 e. The van der Waals surface area contributed by atoms with Gasteiger partial charge in [-0.25, -0.2) is 4.98 Å². The van der Waals surface area contributed by atoms with Crippen LogP contribution in [0.1, 0.15) is 25.0 Å². The molecule has 0 saturated carbocycles. The Morgan fingerprint density at radius 1 is 1.12 bits per heavy atom. The normalized spacial score (nSPS) is 12.9. The summed E-state index contributed by atoms with van der Waals surface area (Å²) in [6.45, 7) is 0.645. The average molecular weight is 334 g/mol. The molecule has 0 spiro atoms. The zero-order valence-electron chi connectivity index (χ0n) is 12.8. The number of aldehydes is 1. The minimum absolute atomic E-state index is 0.0930. The van der Waals surface area contributed by atoms with Gasteiger partial charge in [-0.2, -0.15) is 0 Å². The van der Waals surface area contributed by atoms with Gasteiger partial charge in [0.25, 0.3) is 5.91 Å². The summed E-state index contributed by atoms with van der Waals surface area (Å²) in [7, 11) is 0. The second-order valence-electron chi connectivity index (χ2n) is 5.56. The Morgan fingerprint density at radius 2 is 1.96 bits per heavy atom. The molecule has 0 aliphatic carbocycles. The lowest BCUT2D eigenvalue weighted by Gasteiger charge is -2.17. The van der Waals surface area contributed by atoms with Crippen molar-refractivity contribution < 1.29 is 9.59 Å². The highest BCUT2D eigenvalue weighted by Crippen LogP contribution is 2.37. The first kappa shape index (κ1) is 14.8. The number of thiazole rings is 1. The van der Waals surface area contributed by atoms with Crippen LogP contribution in [-0.2, 0) is 6.42 Å². The molecular formula is C19H14N2O2S. The first-order valence-electron chi connectivity index (χ1n) is 7.68. The molecule has 1 amide bonds. The summed E-state index contributed by atoms with van der Waals surface area (Å²) < 4.78 is 0. The maximum absolute atomic E-state index is 12.8. The van der Waals surface area contributed by atoms with E-state index in [0.717, 1.165) is 29.0 Å². The van der Waals surface area contributed by atoms with Crippen molar-refractivity contribution in [1.29, 1.82) is 0 Å². The van der Waals surface area contributed by atoms with Crippen LogP contribution in [0.3, 0.4) is 0 Å². The summed E-state index contributed by atoms with van der Waals surface area (Å²) in [5.41, 5.74) is 4.46. The fourth-order valence-corrected chi connectivity index (χ4v) is 3.79. The van der Waals surface area contributed by atoms with E-state index in [1.165, 1.54) is 17.3 Å². The van der Waals surface area contributed by atoms with Gasteiger partial charge in [-0.1, -0.05) is 42.5 Å². The van der Waals surface area contributed by atoms with Crippen molar-refractivity contribution in [2.75, 3.05) is 11.4 Å². The number of aromatic nitrogens is 1. The van der Waals surface area contributed by atoms with E-state index in [-0.39, 0.29) is 5.91 Å². The van der Waals surface area contributed by atoms with Crippen molar-refractivity contribution >= 4 is 29.2 Å². The first-order valence-corrected chi connectivity index (χ1v) is 8.50. The molecule has 24 heavy (non-hydrogen) atoms. The molecule has 4 rings (SSSR count). The van der Waals surface area contributed by atoms with Crippen molar-refractivity contribution in [2.45, 2.75) is 6.42 Å². The van der Waals surface area contributed by atoms with Gasteiger partial charge in [-0.05, 0) is 29.2 Å². The molecule has 1 aromatic heterocycles. The first-order chi connectivity index (χ1) is 11.8. The molecule has 1 aliphatic rings. The van der Waals surface area contributed by atoms with E-state index >= 15 is 0 Å². The Bertz CT molecular complexity index is 918. The number of amides is 1. The molecule has 0 fully saturated rings. The third kappa shape index (κ3) is 2.43. The van der Waals surface area contributed by atoms with Gasteiger partial charge in [-0.3, -0.25) is 9.59 Å². The van der Waals surface area contributed by atoms with Gasteiger partial charge >= 0.3 is 0 Å². The van der Waals surface area contributed by atoms with Gasteiger partial charge in [0.1, 0.15) is 4.88 Å². The van der Waals surface area contributed by atoms with Gasteiger partial charge in [0.2, 0.25) is 0 Å². The molecule has 0 bridgehead atoms. The molecule has 2 aromatic carbocycles. The molecule has 0 atom stereocenters. The molecule has 4 nitrogen and oxygen atoms in total. The maximum Gasteiger partial charge on any atom is 0.270 e. The lowest BCUT2D eigenvalue weighted by Crippen LogP contribution is -2.28. The van der Waals surface area contributed by atoms with Gasteiger partial charge in [0.15, 0.2) is 11.3 Å². The predicted octanol–water partition coefficient (Wildman–Crippen LogP) is 3.83. The van der Waals surface area contributed by atoms with Crippen LogP contribution in [0.5, 0.6) is 0 Å². The van der Waals surface area contributed by atoms with Crippen LogP contribution in [0.2, 0.25) is 0 Å². The highest BCUT2D eigenvalue weighted by Gasteiger charge is 2.28. The number of hydrogen-bond acceptors (Lipinski definition) is 4. The highest BCUT2D eigenvalue weighted by molar-refractivity contribution is 7.15. The van der Waals surface area contributed by atoms with Gasteiger partial charge < -0.3 is 4.90 Å². The minimum atomic E-state index is -0.0930. The summed E-state index contributed by atoms with van der Waals surface area (Å²) in [6.07, 6.45) is 2.98. The lowest BCUT2D eigenvalue weighted by atomic mass is 9.98. The number of fused-ring (bicyclic) bond motifs is 1. The molecule has 0 saturated heterocycles. The fourth-order valence-electron chi connectivity index (χ4n) is 3.11. The van der Waals surface area contributed by atoms with E-state index in [9.17, 15) is 9.59 Å². The van der Waals surface area contributed by atoms with E-state index in [2.05, 4.69) is 23.2 Å². The van der Waals surface area contributed by atoms with Crippen molar-refractivity contribution in [3.63, 3.8) is 0 Å². The monoisotopic (exact) mass is 334 g/mol. The van der Waals surface area contributed by atoms with Crippen molar-refractivity contribution in [1.82, 2.24) is 4.98 Å². The van der Waals surface area contributed by atoms with Crippen LogP contribution in [-0.4, -0.2) is 23.7 Å². The summed E-state index contributed by atoms with van der Waals surface area (Å²) in [6, 6.07) is 16.3. The number of carbonyl (C=O) groups excluding carboxylic acids is 2. The fraction of sp³-hybridized carbons (Fsp3) is 0.105. The maximum atomic E-state index is 12.8. The second kappa shape index (κ2) is 6.02. The Morgan fingerprint density at radius 3 is 2.71 bits per heavy atom. The zero-order chi connectivity index (χ0) is 16.5. The van der Waals surface area contributed by atoms with E-state index in [4.69, 9.17) is 0 Å². The molecule has 2 heterocycles. The SMILES string of the molecule is O=Cc1ncc(C(=O)N2CCc3c(-c4ccccc4)cccc32)s1. The van der Waals surface area contributed by atoms with Crippen molar-refractivity contribution in [2.24, 2.45) is 0 Å². The molecule has 0 radical (unpaired) electrons. The zero-order valence-corrected chi connectivity index (χ0v) is 13.6. The Hall–Kier alpha value is -2.79. The van der Waals surface area contributed by atoms with Crippen LogP contribution >= 0.6 is 11.3 Å². The van der Waals surface area contributed by atoms with Crippen LogP contribution < -0.4 is 4.90 Å². The molecule has 3 aromatic rings. The molecular weight excluding hydrogens is 320 g/mol. The predicted molar refractivity (Wildman–Crippen MR) is 94.8 cm³/mol. The van der Waals surface area contributed by atoms with Crippen molar-refractivity contribution in [3.05, 3.63) is 70.2 Å². The Labute approximate surface area is 143 Å². The average Bonchev–Trinajstić information content (AvgIpc) is 3.28. The number of rotatable bonds is 3. The number of hydrogen-bond donors (Lipinski definition) is 0. The number of nitrogens with zero attached hydrogens (tertiary/aromatic N) is 2. The van der Waals surface area contributed by atoms with Gasteiger partial charge in [0, 0.05) is 12.2 Å². The highest BCUT2D eigenvalue weighted by atomic mass is 32.1.